The second kappa shape index (κ2) is 7.18. The molecule has 26 heavy (non-hydrogen) atoms. The number of methoxy groups -OCH3 is 1. The third kappa shape index (κ3) is 3.19. The Bertz CT molecular complexity index is 967. The number of carboxylic acid groups (broad SMARTS) is 1. The average Bonchev–Trinajstić information content (AvgIpc) is 3.01. The quantitative estimate of drug-likeness (QED) is 0.712. The fraction of sp³-hybridized carbons (Fsp3) is 0.105. The van der Waals surface area contributed by atoms with Gasteiger partial charge in [-0.05, 0) is 17.7 Å². The molecule has 1 N–H and O–H groups in total. The third-order valence-corrected chi connectivity index (χ3v) is 3.85. The highest BCUT2D eigenvalue weighted by molar-refractivity contribution is 6.05. The van der Waals surface area contributed by atoms with Gasteiger partial charge in [-0.2, -0.15) is 5.10 Å². The van der Waals surface area contributed by atoms with Crippen LogP contribution in [0.2, 0.25) is 0 Å². The maximum Gasteiger partial charge on any atom is 0.357 e. The van der Waals surface area contributed by atoms with Gasteiger partial charge in [0, 0.05) is 5.56 Å². The smallest absolute Gasteiger partial charge is 0.357 e. The lowest BCUT2D eigenvalue weighted by atomic mass is 10.0. The Hall–Kier alpha value is -3.48. The topological polar surface area (TPSA) is 81.4 Å². The summed E-state index contributed by atoms with van der Waals surface area (Å²) in [7, 11) is 1.13. The van der Waals surface area contributed by atoms with E-state index in [4.69, 9.17) is 4.74 Å². The normalized spacial score (nSPS) is 10.5. The second-order valence-corrected chi connectivity index (χ2v) is 5.49. The van der Waals surface area contributed by atoms with Crippen LogP contribution in [-0.4, -0.2) is 33.9 Å². The van der Waals surface area contributed by atoms with Crippen LogP contribution in [0.25, 0.3) is 11.3 Å². The molecule has 0 spiro atoms. The van der Waals surface area contributed by atoms with Crippen LogP contribution in [0.3, 0.4) is 0 Å². The molecule has 0 aliphatic carbocycles. The van der Waals surface area contributed by atoms with Crippen molar-refractivity contribution in [2.24, 2.45) is 0 Å². The highest BCUT2D eigenvalue weighted by Crippen LogP contribution is 2.30. The number of esters is 1. The van der Waals surface area contributed by atoms with Crippen molar-refractivity contribution in [3.05, 3.63) is 77.2 Å². The van der Waals surface area contributed by atoms with Crippen LogP contribution in [0.1, 0.15) is 26.4 Å². The summed E-state index contributed by atoms with van der Waals surface area (Å²) in [5, 5.41) is 13.5. The van der Waals surface area contributed by atoms with Crippen molar-refractivity contribution in [2.45, 2.75) is 6.54 Å². The highest BCUT2D eigenvalue weighted by Gasteiger charge is 2.30. The second-order valence-electron chi connectivity index (χ2n) is 5.49. The molecule has 0 saturated carbocycles. The molecule has 0 aliphatic heterocycles. The van der Waals surface area contributed by atoms with Crippen LogP contribution in [0.15, 0.2) is 54.6 Å². The SMILES string of the molecule is COC(=O)c1c(C(=O)O)nn(Cc2ccccc2)c1-c1ccccc1F. The molecule has 3 aromatic rings. The molecule has 1 heterocycles. The summed E-state index contributed by atoms with van der Waals surface area (Å²) in [6.07, 6.45) is 0. The number of aromatic carboxylic acids is 1. The van der Waals surface area contributed by atoms with Gasteiger partial charge in [0.25, 0.3) is 0 Å². The van der Waals surface area contributed by atoms with E-state index in [1.165, 1.54) is 22.9 Å². The van der Waals surface area contributed by atoms with E-state index in [0.29, 0.717) is 0 Å². The number of carboxylic acids is 1. The Kier molecular flexibility index (Phi) is 4.79. The van der Waals surface area contributed by atoms with Gasteiger partial charge < -0.3 is 9.84 Å². The minimum Gasteiger partial charge on any atom is -0.476 e. The molecule has 0 radical (unpaired) electrons. The summed E-state index contributed by atoms with van der Waals surface area (Å²) in [5.74, 6) is -2.88. The number of hydrogen-bond acceptors (Lipinski definition) is 4. The molecule has 132 valence electrons. The van der Waals surface area contributed by atoms with Crippen LogP contribution in [0.5, 0.6) is 0 Å². The third-order valence-electron chi connectivity index (χ3n) is 3.85. The molecule has 0 fully saturated rings. The first kappa shape index (κ1) is 17.3. The number of nitrogens with zero attached hydrogens (tertiary/aromatic N) is 2. The molecule has 2 aromatic carbocycles. The molecule has 0 aliphatic rings. The molecule has 0 unspecified atom stereocenters. The fourth-order valence-electron chi connectivity index (χ4n) is 2.70. The minimum atomic E-state index is -1.39. The van der Waals surface area contributed by atoms with E-state index in [9.17, 15) is 19.1 Å². The molecular weight excluding hydrogens is 339 g/mol. The maximum atomic E-state index is 14.4. The van der Waals surface area contributed by atoms with Gasteiger partial charge in [0.1, 0.15) is 11.4 Å². The van der Waals surface area contributed by atoms with E-state index < -0.39 is 23.4 Å². The number of aromatic nitrogens is 2. The summed E-state index contributed by atoms with van der Waals surface area (Å²) in [6.45, 7) is 0.168. The lowest BCUT2D eigenvalue weighted by Gasteiger charge is -2.10. The number of rotatable bonds is 5. The summed E-state index contributed by atoms with van der Waals surface area (Å²) in [6, 6.07) is 14.9. The number of carbonyl (C=O) groups excluding carboxylic acids is 1. The Balaban J connectivity index is 2.28. The van der Waals surface area contributed by atoms with Crippen molar-refractivity contribution < 1.29 is 23.8 Å². The molecule has 0 amide bonds. The van der Waals surface area contributed by atoms with Crippen LogP contribution in [0.4, 0.5) is 4.39 Å². The number of ether oxygens (including phenoxy) is 1. The van der Waals surface area contributed by atoms with Gasteiger partial charge in [-0.3, -0.25) is 4.68 Å². The largest absolute Gasteiger partial charge is 0.476 e. The van der Waals surface area contributed by atoms with Crippen LogP contribution in [0, 0.1) is 5.82 Å². The van der Waals surface area contributed by atoms with E-state index in [1.807, 2.05) is 30.3 Å². The number of halogens is 1. The van der Waals surface area contributed by atoms with Gasteiger partial charge in [0.05, 0.1) is 19.3 Å². The van der Waals surface area contributed by atoms with E-state index in [-0.39, 0.29) is 23.4 Å². The number of carbonyl (C=O) groups is 2. The molecule has 0 bridgehead atoms. The summed E-state index contributed by atoms with van der Waals surface area (Å²) >= 11 is 0. The highest BCUT2D eigenvalue weighted by atomic mass is 19.1. The summed E-state index contributed by atoms with van der Waals surface area (Å²) in [5.41, 5.74) is 0.202. The molecular formula is C19H15FN2O4. The van der Waals surface area contributed by atoms with Gasteiger partial charge in [0.15, 0.2) is 5.69 Å². The predicted molar refractivity (Wildman–Crippen MR) is 91.5 cm³/mol. The molecule has 1 aromatic heterocycles. The molecule has 7 heteroatoms. The van der Waals surface area contributed by atoms with Crippen LogP contribution in [-0.2, 0) is 11.3 Å². The van der Waals surface area contributed by atoms with E-state index in [0.717, 1.165) is 12.7 Å². The monoisotopic (exact) mass is 354 g/mol. The number of benzene rings is 2. The van der Waals surface area contributed by atoms with Gasteiger partial charge in [-0.25, -0.2) is 14.0 Å². The average molecular weight is 354 g/mol. The van der Waals surface area contributed by atoms with Crippen molar-refractivity contribution in [2.75, 3.05) is 7.11 Å². The van der Waals surface area contributed by atoms with Crippen molar-refractivity contribution in [1.82, 2.24) is 9.78 Å². The molecule has 6 nitrogen and oxygen atoms in total. The zero-order chi connectivity index (χ0) is 18.7. The van der Waals surface area contributed by atoms with Gasteiger partial charge in [-0.15, -0.1) is 0 Å². The first-order valence-corrected chi connectivity index (χ1v) is 7.74. The standard InChI is InChI=1S/C19H15FN2O4/c1-26-19(25)15-16(18(23)24)21-22(11-12-7-3-2-4-8-12)17(15)13-9-5-6-10-14(13)20/h2-10H,11H2,1H3,(H,23,24). The van der Waals surface area contributed by atoms with E-state index in [1.54, 1.807) is 6.07 Å². The Labute approximate surface area is 148 Å². The molecule has 3 rings (SSSR count). The maximum absolute atomic E-state index is 14.4. The lowest BCUT2D eigenvalue weighted by molar-refractivity contribution is 0.0582. The first-order valence-electron chi connectivity index (χ1n) is 7.74. The van der Waals surface area contributed by atoms with Crippen molar-refractivity contribution >= 4 is 11.9 Å². The van der Waals surface area contributed by atoms with E-state index >= 15 is 0 Å². The van der Waals surface area contributed by atoms with Crippen molar-refractivity contribution in [3.8, 4) is 11.3 Å². The van der Waals surface area contributed by atoms with Gasteiger partial charge in [-0.1, -0.05) is 42.5 Å². The number of hydrogen-bond donors (Lipinski definition) is 1. The Morgan fingerprint density at radius 2 is 1.77 bits per heavy atom. The minimum absolute atomic E-state index is 0.0659. The van der Waals surface area contributed by atoms with Crippen molar-refractivity contribution in [1.29, 1.82) is 0 Å². The Morgan fingerprint density at radius 3 is 2.38 bits per heavy atom. The van der Waals surface area contributed by atoms with E-state index in [2.05, 4.69) is 5.10 Å². The van der Waals surface area contributed by atoms with Crippen LogP contribution >= 0.6 is 0 Å². The predicted octanol–water partition coefficient (Wildman–Crippen LogP) is 3.22. The molecule has 0 saturated heterocycles. The van der Waals surface area contributed by atoms with Crippen LogP contribution < -0.4 is 0 Å². The lowest BCUT2D eigenvalue weighted by Crippen LogP contribution is -2.10. The molecule has 0 atom stereocenters. The first-order chi connectivity index (χ1) is 12.5. The van der Waals surface area contributed by atoms with Gasteiger partial charge >= 0.3 is 11.9 Å². The van der Waals surface area contributed by atoms with Gasteiger partial charge in [0.2, 0.25) is 0 Å². The van der Waals surface area contributed by atoms with Crippen molar-refractivity contribution in [3.63, 3.8) is 0 Å². The zero-order valence-corrected chi connectivity index (χ0v) is 13.8. The Morgan fingerprint density at radius 1 is 1.12 bits per heavy atom. The zero-order valence-electron chi connectivity index (χ0n) is 13.8. The summed E-state index contributed by atoms with van der Waals surface area (Å²) < 4.78 is 20.4. The fourth-order valence-corrected chi connectivity index (χ4v) is 2.70. The summed E-state index contributed by atoms with van der Waals surface area (Å²) in [4.78, 5) is 23.8.